The minimum Gasteiger partial charge on any atom is -0.384 e. The van der Waals surface area contributed by atoms with Crippen molar-refractivity contribution < 1.29 is 5.11 Å². The molecule has 3 heteroatoms. The Morgan fingerprint density at radius 1 is 1.21 bits per heavy atom. The standard InChI is InChI=1S/C16H24N2O/c1-13-5-4-6-15(17-13)16(19)9-7-14(8-10-16)18-11-2-3-12-18/h4-6,14,19H,2-3,7-12H2,1H3. The third-order valence-electron chi connectivity index (χ3n) is 4.80. The second-order valence-electron chi connectivity index (χ2n) is 6.17. The molecule has 1 aromatic rings. The van der Waals surface area contributed by atoms with Gasteiger partial charge < -0.3 is 10.0 Å². The van der Waals surface area contributed by atoms with Crippen molar-refractivity contribution in [3.05, 3.63) is 29.6 Å². The van der Waals surface area contributed by atoms with Crippen LogP contribution < -0.4 is 0 Å². The first-order valence-corrected chi connectivity index (χ1v) is 7.58. The highest BCUT2D eigenvalue weighted by molar-refractivity contribution is 5.17. The van der Waals surface area contributed by atoms with Crippen LogP contribution in [0.15, 0.2) is 18.2 Å². The number of rotatable bonds is 2. The molecule has 2 fully saturated rings. The van der Waals surface area contributed by atoms with E-state index in [1.54, 1.807) is 0 Å². The lowest BCUT2D eigenvalue weighted by Crippen LogP contribution is -2.41. The quantitative estimate of drug-likeness (QED) is 0.888. The molecule has 1 aliphatic carbocycles. The van der Waals surface area contributed by atoms with Crippen LogP contribution in [-0.2, 0) is 5.60 Å². The molecule has 3 nitrogen and oxygen atoms in total. The summed E-state index contributed by atoms with van der Waals surface area (Å²) in [4.78, 5) is 7.14. The van der Waals surface area contributed by atoms with E-state index in [1.807, 2.05) is 25.1 Å². The van der Waals surface area contributed by atoms with E-state index in [0.29, 0.717) is 6.04 Å². The Bertz CT molecular complexity index is 432. The average molecular weight is 260 g/mol. The van der Waals surface area contributed by atoms with Gasteiger partial charge in [-0.1, -0.05) is 6.07 Å². The van der Waals surface area contributed by atoms with Crippen LogP contribution in [0.3, 0.4) is 0 Å². The summed E-state index contributed by atoms with van der Waals surface area (Å²) in [5, 5.41) is 10.8. The van der Waals surface area contributed by atoms with Crippen LogP contribution in [0.25, 0.3) is 0 Å². The molecule has 1 aromatic heterocycles. The molecular weight excluding hydrogens is 236 g/mol. The van der Waals surface area contributed by atoms with Crippen LogP contribution >= 0.6 is 0 Å². The summed E-state index contributed by atoms with van der Waals surface area (Å²) in [7, 11) is 0. The average Bonchev–Trinajstić information content (AvgIpc) is 2.94. The maximum Gasteiger partial charge on any atom is 0.107 e. The van der Waals surface area contributed by atoms with Gasteiger partial charge in [0.05, 0.1) is 5.69 Å². The van der Waals surface area contributed by atoms with E-state index in [-0.39, 0.29) is 0 Å². The molecular formula is C16H24N2O. The normalized spacial score (nSPS) is 32.6. The SMILES string of the molecule is Cc1cccc(C2(O)CCC(N3CCCC3)CC2)n1. The molecule has 104 valence electrons. The van der Waals surface area contributed by atoms with Crippen molar-refractivity contribution >= 4 is 0 Å². The van der Waals surface area contributed by atoms with E-state index < -0.39 is 5.60 Å². The summed E-state index contributed by atoms with van der Waals surface area (Å²) in [6.07, 6.45) is 6.61. The minimum atomic E-state index is -0.692. The van der Waals surface area contributed by atoms with Gasteiger partial charge in [0.25, 0.3) is 0 Å². The molecule has 0 bridgehead atoms. The van der Waals surface area contributed by atoms with Gasteiger partial charge in [0.2, 0.25) is 0 Å². The number of aryl methyl sites for hydroxylation is 1. The molecule has 19 heavy (non-hydrogen) atoms. The van der Waals surface area contributed by atoms with Gasteiger partial charge in [0.15, 0.2) is 0 Å². The summed E-state index contributed by atoms with van der Waals surface area (Å²) in [5.74, 6) is 0. The molecule has 2 heterocycles. The highest BCUT2D eigenvalue weighted by atomic mass is 16.3. The van der Waals surface area contributed by atoms with Crippen molar-refractivity contribution in [1.82, 2.24) is 9.88 Å². The summed E-state index contributed by atoms with van der Waals surface area (Å²) in [6, 6.07) is 6.65. The van der Waals surface area contributed by atoms with Gasteiger partial charge in [0.1, 0.15) is 5.60 Å². The molecule has 1 saturated carbocycles. The fourth-order valence-electron chi connectivity index (χ4n) is 3.61. The predicted octanol–water partition coefficient (Wildman–Crippen LogP) is 2.62. The van der Waals surface area contributed by atoms with Crippen molar-refractivity contribution in [2.75, 3.05) is 13.1 Å². The highest BCUT2D eigenvalue weighted by Gasteiger charge is 2.38. The van der Waals surface area contributed by atoms with Gasteiger partial charge in [-0.2, -0.15) is 0 Å². The number of pyridine rings is 1. The number of likely N-dealkylation sites (tertiary alicyclic amines) is 1. The van der Waals surface area contributed by atoms with Gasteiger partial charge in [-0.15, -0.1) is 0 Å². The summed E-state index contributed by atoms with van der Waals surface area (Å²) in [6.45, 7) is 4.50. The zero-order valence-corrected chi connectivity index (χ0v) is 11.8. The Morgan fingerprint density at radius 2 is 1.89 bits per heavy atom. The third kappa shape index (κ3) is 2.67. The molecule has 1 aliphatic heterocycles. The summed E-state index contributed by atoms with van der Waals surface area (Å²) >= 11 is 0. The van der Waals surface area contributed by atoms with Crippen LogP contribution in [-0.4, -0.2) is 34.1 Å². The number of hydrogen-bond acceptors (Lipinski definition) is 3. The van der Waals surface area contributed by atoms with E-state index in [4.69, 9.17) is 0 Å². The monoisotopic (exact) mass is 260 g/mol. The molecule has 0 amide bonds. The molecule has 0 radical (unpaired) electrons. The maximum atomic E-state index is 10.8. The Balaban J connectivity index is 1.68. The molecule has 3 rings (SSSR count). The maximum absolute atomic E-state index is 10.8. The smallest absolute Gasteiger partial charge is 0.107 e. The van der Waals surface area contributed by atoms with E-state index in [1.165, 1.54) is 25.9 Å². The lowest BCUT2D eigenvalue weighted by atomic mass is 9.79. The van der Waals surface area contributed by atoms with E-state index in [2.05, 4.69) is 9.88 Å². The first-order chi connectivity index (χ1) is 9.17. The Hall–Kier alpha value is -0.930. The zero-order chi connectivity index (χ0) is 13.3. The summed E-state index contributed by atoms with van der Waals surface area (Å²) < 4.78 is 0. The predicted molar refractivity (Wildman–Crippen MR) is 75.9 cm³/mol. The lowest BCUT2D eigenvalue weighted by molar-refractivity contribution is -0.0256. The number of aromatic nitrogens is 1. The van der Waals surface area contributed by atoms with E-state index >= 15 is 0 Å². The molecule has 0 spiro atoms. The topological polar surface area (TPSA) is 36.4 Å². The minimum absolute atomic E-state index is 0.688. The van der Waals surface area contributed by atoms with Crippen molar-refractivity contribution in [3.8, 4) is 0 Å². The Kier molecular flexibility index (Phi) is 3.59. The first kappa shape index (κ1) is 13.1. The lowest BCUT2D eigenvalue weighted by Gasteiger charge is -2.39. The number of hydrogen-bond donors (Lipinski definition) is 1. The third-order valence-corrected chi connectivity index (χ3v) is 4.80. The first-order valence-electron chi connectivity index (χ1n) is 7.58. The molecule has 0 aromatic carbocycles. The van der Waals surface area contributed by atoms with Crippen LogP contribution in [0.2, 0.25) is 0 Å². The summed E-state index contributed by atoms with van der Waals surface area (Å²) in [5.41, 5.74) is 1.17. The van der Waals surface area contributed by atoms with Crippen molar-refractivity contribution in [2.45, 2.75) is 57.1 Å². The van der Waals surface area contributed by atoms with Crippen LogP contribution in [0.1, 0.15) is 49.9 Å². The fourth-order valence-corrected chi connectivity index (χ4v) is 3.61. The second-order valence-corrected chi connectivity index (χ2v) is 6.17. The van der Waals surface area contributed by atoms with Crippen LogP contribution in [0, 0.1) is 6.92 Å². The molecule has 0 unspecified atom stereocenters. The fraction of sp³-hybridized carbons (Fsp3) is 0.688. The molecule has 0 atom stereocenters. The van der Waals surface area contributed by atoms with Gasteiger partial charge in [-0.25, -0.2) is 0 Å². The van der Waals surface area contributed by atoms with E-state index in [9.17, 15) is 5.11 Å². The molecule has 1 saturated heterocycles. The van der Waals surface area contributed by atoms with Gasteiger partial charge in [-0.3, -0.25) is 4.98 Å². The van der Waals surface area contributed by atoms with Gasteiger partial charge in [0, 0.05) is 11.7 Å². The Morgan fingerprint density at radius 3 is 2.53 bits per heavy atom. The number of nitrogens with zero attached hydrogens (tertiary/aromatic N) is 2. The van der Waals surface area contributed by atoms with Crippen molar-refractivity contribution in [1.29, 1.82) is 0 Å². The number of aliphatic hydroxyl groups is 1. The van der Waals surface area contributed by atoms with E-state index in [0.717, 1.165) is 37.1 Å². The largest absolute Gasteiger partial charge is 0.384 e. The van der Waals surface area contributed by atoms with Crippen LogP contribution in [0.5, 0.6) is 0 Å². The highest BCUT2D eigenvalue weighted by Crippen LogP contribution is 2.38. The Labute approximate surface area is 115 Å². The van der Waals surface area contributed by atoms with Gasteiger partial charge >= 0.3 is 0 Å². The molecule has 1 N–H and O–H groups in total. The van der Waals surface area contributed by atoms with Crippen LogP contribution in [0.4, 0.5) is 0 Å². The van der Waals surface area contributed by atoms with Crippen molar-refractivity contribution in [3.63, 3.8) is 0 Å². The zero-order valence-electron chi connectivity index (χ0n) is 11.8. The second kappa shape index (κ2) is 5.22. The molecule has 2 aliphatic rings. The van der Waals surface area contributed by atoms with Gasteiger partial charge in [-0.05, 0) is 70.7 Å². The van der Waals surface area contributed by atoms with Crippen molar-refractivity contribution in [2.24, 2.45) is 0 Å².